The Morgan fingerprint density at radius 3 is 2.89 bits per heavy atom. The van der Waals surface area contributed by atoms with Crippen LogP contribution < -0.4 is 11.1 Å². The van der Waals surface area contributed by atoms with Gasteiger partial charge in [0.15, 0.2) is 0 Å². The van der Waals surface area contributed by atoms with Crippen LogP contribution >= 0.6 is 24.0 Å². The summed E-state index contributed by atoms with van der Waals surface area (Å²) in [6, 6.07) is 6.10. The van der Waals surface area contributed by atoms with E-state index in [0.717, 1.165) is 41.5 Å². The average Bonchev–Trinajstić information content (AvgIpc) is 2.35. The third kappa shape index (κ3) is 4.48. The van der Waals surface area contributed by atoms with Crippen molar-refractivity contribution in [2.75, 3.05) is 31.3 Å². The molecule has 3 nitrogen and oxygen atoms in total. The Bertz CT molecular complexity index is 397. The van der Waals surface area contributed by atoms with Crippen molar-refractivity contribution in [1.29, 1.82) is 0 Å². The molecule has 0 amide bonds. The van der Waals surface area contributed by atoms with Gasteiger partial charge in [-0.25, -0.2) is 0 Å². The monoisotopic (exact) mass is 284 g/mol. The summed E-state index contributed by atoms with van der Waals surface area (Å²) >= 11 is 6.91. The van der Waals surface area contributed by atoms with Crippen molar-refractivity contribution in [3.05, 3.63) is 23.8 Å². The number of rotatable bonds is 8. The molecule has 1 aromatic carbocycles. The van der Waals surface area contributed by atoms with E-state index < -0.39 is 0 Å². The molecule has 0 aromatic heterocycles. The Morgan fingerprint density at radius 1 is 1.50 bits per heavy atom. The molecule has 5 heteroatoms. The summed E-state index contributed by atoms with van der Waals surface area (Å²) in [5.74, 6) is 1.00. The maximum Gasteiger partial charge on any atom is 0.107 e. The van der Waals surface area contributed by atoms with Gasteiger partial charge in [-0.1, -0.05) is 25.2 Å². The molecule has 0 heterocycles. The van der Waals surface area contributed by atoms with Gasteiger partial charge in [-0.15, -0.1) is 11.8 Å². The number of nitrogens with two attached hydrogens (primary N) is 1. The first-order valence-electron chi connectivity index (χ1n) is 5.99. The molecule has 0 aliphatic carbocycles. The summed E-state index contributed by atoms with van der Waals surface area (Å²) in [7, 11) is 1.71. The predicted octanol–water partition coefficient (Wildman–Crippen LogP) is 2.88. The molecule has 0 unspecified atom stereocenters. The smallest absolute Gasteiger partial charge is 0.107 e. The van der Waals surface area contributed by atoms with Crippen LogP contribution in [0.4, 0.5) is 5.69 Å². The summed E-state index contributed by atoms with van der Waals surface area (Å²) in [4.78, 5) is 1.59. The second-order valence-corrected chi connectivity index (χ2v) is 5.49. The molecule has 0 aliphatic heterocycles. The lowest BCUT2D eigenvalue weighted by Crippen LogP contribution is -2.15. The minimum atomic E-state index is 0.445. The maximum absolute atomic E-state index is 5.83. The second-order valence-electron chi connectivity index (χ2n) is 3.75. The van der Waals surface area contributed by atoms with E-state index in [1.807, 2.05) is 12.1 Å². The SMILES string of the molecule is CCSc1cccc(NCCCOC)c1C(N)=S. The van der Waals surface area contributed by atoms with Gasteiger partial charge in [0.05, 0.1) is 0 Å². The Labute approximate surface area is 118 Å². The number of thioether (sulfide) groups is 1. The van der Waals surface area contributed by atoms with Crippen molar-refractivity contribution in [3.63, 3.8) is 0 Å². The maximum atomic E-state index is 5.83. The summed E-state index contributed by atoms with van der Waals surface area (Å²) in [5, 5.41) is 3.37. The molecule has 1 aromatic rings. The Balaban J connectivity index is 2.82. The van der Waals surface area contributed by atoms with E-state index in [1.165, 1.54) is 0 Å². The topological polar surface area (TPSA) is 47.3 Å². The fourth-order valence-corrected chi connectivity index (χ4v) is 2.78. The number of anilines is 1. The minimum Gasteiger partial charge on any atom is -0.389 e. The normalized spacial score (nSPS) is 10.3. The van der Waals surface area contributed by atoms with E-state index in [1.54, 1.807) is 18.9 Å². The first-order valence-corrected chi connectivity index (χ1v) is 7.38. The Hall–Kier alpha value is -0.780. The second kappa shape index (κ2) is 8.34. The molecule has 0 bridgehead atoms. The van der Waals surface area contributed by atoms with Gasteiger partial charge in [-0.2, -0.15) is 0 Å². The van der Waals surface area contributed by atoms with Crippen molar-refractivity contribution in [1.82, 2.24) is 0 Å². The number of ether oxygens (including phenoxy) is 1. The van der Waals surface area contributed by atoms with Crippen LogP contribution in [0.5, 0.6) is 0 Å². The predicted molar refractivity (Wildman–Crippen MR) is 83.7 cm³/mol. The van der Waals surface area contributed by atoms with Gasteiger partial charge in [-0.3, -0.25) is 0 Å². The molecule has 3 N–H and O–H groups in total. The quantitative estimate of drug-likeness (QED) is 0.437. The van der Waals surface area contributed by atoms with E-state index >= 15 is 0 Å². The van der Waals surface area contributed by atoms with Crippen LogP contribution in [0.3, 0.4) is 0 Å². The molecule has 0 radical (unpaired) electrons. The highest BCUT2D eigenvalue weighted by Crippen LogP contribution is 2.28. The van der Waals surface area contributed by atoms with E-state index in [2.05, 4.69) is 18.3 Å². The van der Waals surface area contributed by atoms with Gasteiger partial charge in [0.1, 0.15) is 4.99 Å². The number of benzene rings is 1. The fourth-order valence-electron chi connectivity index (χ4n) is 1.65. The fraction of sp³-hybridized carbons (Fsp3) is 0.462. The zero-order chi connectivity index (χ0) is 13.4. The zero-order valence-corrected chi connectivity index (χ0v) is 12.5. The standard InChI is InChI=1S/C13H20N2OS2/c1-3-18-11-7-4-6-10(12(11)13(14)17)15-8-5-9-16-2/h4,6-7,15H,3,5,8-9H2,1-2H3,(H2,14,17). The van der Waals surface area contributed by atoms with Gasteiger partial charge in [0.2, 0.25) is 0 Å². The number of hydrogen-bond acceptors (Lipinski definition) is 4. The number of nitrogens with one attached hydrogen (secondary N) is 1. The van der Waals surface area contributed by atoms with Gasteiger partial charge < -0.3 is 15.8 Å². The number of hydrogen-bond donors (Lipinski definition) is 2. The summed E-state index contributed by atoms with van der Waals surface area (Å²) in [5.41, 5.74) is 7.80. The minimum absolute atomic E-state index is 0.445. The van der Waals surface area contributed by atoms with Crippen LogP contribution in [0.2, 0.25) is 0 Å². The molecule has 0 fully saturated rings. The lowest BCUT2D eigenvalue weighted by Gasteiger charge is -2.14. The third-order valence-electron chi connectivity index (χ3n) is 2.41. The summed E-state index contributed by atoms with van der Waals surface area (Å²) in [6.45, 7) is 3.72. The molecule has 18 heavy (non-hydrogen) atoms. The van der Waals surface area contributed by atoms with E-state index in [9.17, 15) is 0 Å². The van der Waals surface area contributed by atoms with E-state index in [-0.39, 0.29) is 0 Å². The van der Waals surface area contributed by atoms with Crippen molar-refractivity contribution in [3.8, 4) is 0 Å². The molecule has 0 saturated heterocycles. The average molecular weight is 284 g/mol. The first-order chi connectivity index (χ1) is 8.70. The highest BCUT2D eigenvalue weighted by Gasteiger charge is 2.10. The van der Waals surface area contributed by atoms with E-state index in [4.69, 9.17) is 22.7 Å². The molecule has 0 saturated carbocycles. The highest BCUT2D eigenvalue weighted by atomic mass is 32.2. The molecule has 100 valence electrons. The molecule has 0 atom stereocenters. The van der Waals surface area contributed by atoms with Crippen molar-refractivity contribution < 1.29 is 4.74 Å². The van der Waals surface area contributed by atoms with Gasteiger partial charge in [0.25, 0.3) is 0 Å². The first kappa shape index (κ1) is 15.3. The summed E-state index contributed by atoms with van der Waals surface area (Å²) in [6.07, 6.45) is 0.957. The lowest BCUT2D eigenvalue weighted by atomic mass is 10.1. The van der Waals surface area contributed by atoms with Gasteiger partial charge in [-0.05, 0) is 24.3 Å². The number of methoxy groups -OCH3 is 1. The zero-order valence-electron chi connectivity index (χ0n) is 10.9. The molecule has 0 spiro atoms. The molecule has 0 aliphatic rings. The molecule has 1 rings (SSSR count). The lowest BCUT2D eigenvalue weighted by molar-refractivity contribution is 0.198. The van der Waals surface area contributed by atoms with Crippen LogP contribution in [0.1, 0.15) is 18.9 Å². The summed E-state index contributed by atoms with van der Waals surface area (Å²) < 4.78 is 5.03. The van der Waals surface area contributed by atoms with Crippen LogP contribution in [0.15, 0.2) is 23.1 Å². The van der Waals surface area contributed by atoms with Crippen LogP contribution in [-0.2, 0) is 4.74 Å². The largest absolute Gasteiger partial charge is 0.389 e. The number of thiocarbonyl (C=S) groups is 1. The van der Waals surface area contributed by atoms with Gasteiger partial charge >= 0.3 is 0 Å². The van der Waals surface area contributed by atoms with Gasteiger partial charge in [0, 0.05) is 36.4 Å². The van der Waals surface area contributed by atoms with Crippen molar-refractivity contribution in [2.24, 2.45) is 5.73 Å². The van der Waals surface area contributed by atoms with Crippen LogP contribution in [-0.4, -0.2) is 31.0 Å². The van der Waals surface area contributed by atoms with Crippen LogP contribution in [0, 0.1) is 0 Å². The molecular formula is C13H20N2OS2. The highest BCUT2D eigenvalue weighted by molar-refractivity contribution is 7.99. The molecular weight excluding hydrogens is 264 g/mol. The van der Waals surface area contributed by atoms with Crippen molar-refractivity contribution in [2.45, 2.75) is 18.2 Å². The Morgan fingerprint density at radius 2 is 2.28 bits per heavy atom. The van der Waals surface area contributed by atoms with Crippen molar-refractivity contribution >= 4 is 34.7 Å². The Kier molecular flexibility index (Phi) is 7.08. The van der Waals surface area contributed by atoms with E-state index in [0.29, 0.717) is 4.99 Å². The third-order valence-corrected chi connectivity index (χ3v) is 3.56. The van der Waals surface area contributed by atoms with Crippen LogP contribution in [0.25, 0.3) is 0 Å².